The van der Waals surface area contributed by atoms with E-state index < -0.39 is 0 Å². The molecule has 132 valence electrons. The second kappa shape index (κ2) is 13.3. The fourth-order valence-corrected chi connectivity index (χ4v) is 3.49. The molecule has 1 aliphatic rings. The Kier molecular flexibility index (Phi) is 12.7. The van der Waals surface area contributed by atoms with Crippen LogP contribution in [0, 0.1) is 5.92 Å². The van der Waals surface area contributed by atoms with Crippen molar-refractivity contribution in [3.05, 3.63) is 33.5 Å². The molecular formula is C19H32O3S. The number of methoxy groups -OCH3 is 1. The normalized spacial score (nSPS) is 15.7. The van der Waals surface area contributed by atoms with Gasteiger partial charge < -0.3 is 9.84 Å². The number of hydrogen-bond donors (Lipinski definition) is 1. The van der Waals surface area contributed by atoms with Gasteiger partial charge in [-0.2, -0.15) is 0 Å². The summed E-state index contributed by atoms with van der Waals surface area (Å²) >= 11 is 1.51. The Morgan fingerprint density at radius 2 is 1.96 bits per heavy atom. The number of esters is 1. The van der Waals surface area contributed by atoms with Gasteiger partial charge >= 0.3 is 5.97 Å². The Balaban J connectivity index is 0.00000112. The smallest absolute Gasteiger partial charge is 0.348 e. The predicted molar refractivity (Wildman–Crippen MR) is 99.2 cm³/mol. The molecule has 3 nitrogen and oxygen atoms in total. The van der Waals surface area contributed by atoms with Crippen LogP contribution in [0.1, 0.15) is 67.9 Å². The number of carbonyl (C=O) groups is 1. The van der Waals surface area contributed by atoms with Crippen LogP contribution < -0.4 is 0 Å². The lowest BCUT2D eigenvalue weighted by atomic mass is 9.98. The zero-order chi connectivity index (χ0) is 17.7. The van der Waals surface area contributed by atoms with Crippen LogP contribution in [0.15, 0.2) is 23.8 Å². The number of aliphatic hydroxyl groups is 1. The van der Waals surface area contributed by atoms with Crippen molar-refractivity contribution in [1.82, 2.24) is 0 Å². The Labute approximate surface area is 145 Å². The van der Waals surface area contributed by atoms with Crippen molar-refractivity contribution < 1.29 is 14.6 Å². The van der Waals surface area contributed by atoms with E-state index in [-0.39, 0.29) is 12.6 Å². The lowest BCUT2D eigenvalue weighted by Gasteiger charge is -2.11. The molecule has 23 heavy (non-hydrogen) atoms. The fraction of sp³-hybridized carbons (Fsp3) is 0.632. The third-order valence-corrected chi connectivity index (χ3v) is 4.73. The van der Waals surface area contributed by atoms with Crippen molar-refractivity contribution in [2.24, 2.45) is 5.92 Å². The lowest BCUT2D eigenvalue weighted by Crippen LogP contribution is -2.04. The van der Waals surface area contributed by atoms with E-state index in [0.29, 0.717) is 10.8 Å². The van der Waals surface area contributed by atoms with E-state index >= 15 is 0 Å². The third kappa shape index (κ3) is 7.32. The highest BCUT2D eigenvalue weighted by Crippen LogP contribution is 2.29. The molecule has 1 unspecified atom stereocenters. The summed E-state index contributed by atoms with van der Waals surface area (Å²) < 4.78 is 4.70. The van der Waals surface area contributed by atoms with Crippen LogP contribution in [0.4, 0.5) is 0 Å². The summed E-state index contributed by atoms with van der Waals surface area (Å²) in [6.45, 7) is 8.28. The molecule has 0 bridgehead atoms. The van der Waals surface area contributed by atoms with Crippen LogP contribution in [-0.2, 0) is 11.2 Å². The molecule has 0 fully saturated rings. The molecule has 1 aliphatic carbocycles. The molecule has 0 aromatic carbocycles. The Morgan fingerprint density at radius 3 is 2.57 bits per heavy atom. The minimum Gasteiger partial charge on any atom is -0.465 e. The first kappa shape index (κ1) is 21.9. The standard InChI is InChI=1S/C15H20O3S.2C2H6/c1-18-15(17)14-9-8-13(19-14)7-3-5-11-4-2-6-12(11)10-16;2*1-2/h4,8-9,12,16H,2-3,5-7,10H2,1H3;2*1-2H3. The lowest BCUT2D eigenvalue weighted by molar-refractivity contribution is 0.0606. The quantitative estimate of drug-likeness (QED) is 0.569. The number of rotatable bonds is 6. The number of ether oxygens (including phenoxy) is 1. The maximum absolute atomic E-state index is 11.3. The average Bonchev–Trinajstić information content (AvgIpc) is 3.27. The summed E-state index contributed by atoms with van der Waals surface area (Å²) in [6, 6.07) is 3.83. The summed E-state index contributed by atoms with van der Waals surface area (Å²) in [7, 11) is 1.41. The van der Waals surface area contributed by atoms with Crippen LogP contribution in [0.3, 0.4) is 0 Å². The van der Waals surface area contributed by atoms with Crippen molar-refractivity contribution in [3.8, 4) is 0 Å². The van der Waals surface area contributed by atoms with Crippen LogP contribution in [-0.4, -0.2) is 24.8 Å². The molecule has 1 heterocycles. The number of hydrogen-bond acceptors (Lipinski definition) is 4. The van der Waals surface area contributed by atoms with E-state index in [4.69, 9.17) is 4.74 Å². The number of thiophene rings is 1. The summed E-state index contributed by atoms with van der Waals surface area (Å²) in [5, 5.41) is 9.25. The first-order chi connectivity index (χ1) is 11.2. The summed E-state index contributed by atoms with van der Waals surface area (Å²) in [4.78, 5) is 13.2. The minimum atomic E-state index is -0.255. The predicted octanol–water partition coefficient (Wildman–Crippen LogP) is 5.24. The van der Waals surface area contributed by atoms with Gasteiger partial charge in [0.25, 0.3) is 0 Å². The van der Waals surface area contributed by atoms with E-state index in [1.54, 1.807) is 0 Å². The second-order valence-corrected chi connectivity index (χ2v) is 6.02. The molecule has 1 N–H and O–H groups in total. The van der Waals surface area contributed by atoms with Crippen LogP contribution >= 0.6 is 11.3 Å². The number of allylic oxidation sites excluding steroid dienone is 1. The van der Waals surface area contributed by atoms with Crippen molar-refractivity contribution in [1.29, 1.82) is 0 Å². The molecular weight excluding hydrogens is 308 g/mol. The van der Waals surface area contributed by atoms with Gasteiger partial charge in [-0.15, -0.1) is 11.3 Å². The van der Waals surface area contributed by atoms with Crippen molar-refractivity contribution in [3.63, 3.8) is 0 Å². The molecule has 0 spiro atoms. The van der Waals surface area contributed by atoms with Gasteiger partial charge in [0.15, 0.2) is 0 Å². The zero-order valence-corrected chi connectivity index (χ0v) is 16.0. The molecule has 0 aliphatic heterocycles. The highest BCUT2D eigenvalue weighted by Gasteiger charge is 2.17. The highest BCUT2D eigenvalue weighted by atomic mass is 32.1. The van der Waals surface area contributed by atoms with Gasteiger partial charge in [0.1, 0.15) is 4.88 Å². The molecule has 0 radical (unpaired) electrons. The molecule has 2 rings (SSSR count). The first-order valence-electron chi connectivity index (χ1n) is 8.71. The Morgan fingerprint density at radius 1 is 1.26 bits per heavy atom. The largest absolute Gasteiger partial charge is 0.465 e. The van der Waals surface area contributed by atoms with Gasteiger partial charge in [-0.25, -0.2) is 4.79 Å². The van der Waals surface area contributed by atoms with Crippen LogP contribution in [0.2, 0.25) is 0 Å². The van der Waals surface area contributed by atoms with E-state index in [1.165, 1.54) is 28.9 Å². The van der Waals surface area contributed by atoms with Crippen molar-refractivity contribution >= 4 is 17.3 Å². The summed E-state index contributed by atoms with van der Waals surface area (Å²) in [6.07, 6.45) is 7.58. The maximum atomic E-state index is 11.3. The molecule has 1 atom stereocenters. The molecule has 1 aromatic rings. The Hall–Kier alpha value is -1.13. The molecule has 1 aromatic heterocycles. The number of aliphatic hydroxyl groups excluding tert-OH is 1. The van der Waals surface area contributed by atoms with E-state index in [2.05, 4.69) is 6.08 Å². The topological polar surface area (TPSA) is 46.5 Å². The number of carbonyl (C=O) groups excluding carboxylic acids is 1. The van der Waals surface area contributed by atoms with Gasteiger partial charge in [-0.3, -0.25) is 0 Å². The van der Waals surface area contributed by atoms with Gasteiger partial charge in [0, 0.05) is 17.4 Å². The third-order valence-electron chi connectivity index (χ3n) is 3.60. The average molecular weight is 341 g/mol. The molecule has 0 saturated heterocycles. The zero-order valence-electron chi connectivity index (χ0n) is 15.2. The SMILES string of the molecule is CC.CC.COC(=O)c1ccc(CCCC2=CCCC2CO)s1. The molecule has 0 amide bonds. The number of aryl methyl sites for hydroxylation is 1. The molecule has 4 heteroatoms. The van der Waals surface area contributed by atoms with E-state index in [9.17, 15) is 9.90 Å². The van der Waals surface area contributed by atoms with E-state index in [0.717, 1.165) is 32.1 Å². The second-order valence-electron chi connectivity index (χ2n) is 4.85. The van der Waals surface area contributed by atoms with Crippen LogP contribution in [0.25, 0.3) is 0 Å². The van der Waals surface area contributed by atoms with Gasteiger partial charge in [0.2, 0.25) is 0 Å². The first-order valence-corrected chi connectivity index (χ1v) is 9.53. The molecule has 0 saturated carbocycles. The monoisotopic (exact) mass is 340 g/mol. The fourth-order valence-electron chi connectivity index (χ4n) is 2.53. The maximum Gasteiger partial charge on any atom is 0.348 e. The van der Waals surface area contributed by atoms with Crippen LogP contribution in [0.5, 0.6) is 0 Å². The highest BCUT2D eigenvalue weighted by molar-refractivity contribution is 7.13. The minimum absolute atomic E-state index is 0.255. The van der Waals surface area contributed by atoms with Crippen molar-refractivity contribution in [2.45, 2.75) is 59.8 Å². The Bertz CT molecular complexity index is 463. The summed E-state index contributed by atoms with van der Waals surface area (Å²) in [5.41, 5.74) is 1.41. The van der Waals surface area contributed by atoms with Gasteiger partial charge in [-0.05, 0) is 44.2 Å². The van der Waals surface area contributed by atoms with E-state index in [1.807, 2.05) is 39.8 Å². The van der Waals surface area contributed by atoms with Gasteiger partial charge in [0.05, 0.1) is 7.11 Å². The summed E-state index contributed by atoms with van der Waals surface area (Å²) in [5.74, 6) is 0.129. The van der Waals surface area contributed by atoms with Gasteiger partial charge in [-0.1, -0.05) is 39.3 Å². The van der Waals surface area contributed by atoms with Crippen molar-refractivity contribution in [2.75, 3.05) is 13.7 Å².